The maximum Gasteiger partial charge on any atom is 0.328 e. The number of nitrogens with zero attached hydrogens (tertiary/aromatic N) is 1. The number of nitrogens with one attached hydrogen (secondary N) is 3. The summed E-state index contributed by atoms with van der Waals surface area (Å²) in [5.74, 6) is -3.19. The van der Waals surface area contributed by atoms with Crippen molar-refractivity contribution in [2.45, 2.75) is 57.3 Å². The molecule has 13 nitrogen and oxygen atoms in total. The van der Waals surface area contributed by atoms with Gasteiger partial charge in [0, 0.05) is 6.54 Å². The summed E-state index contributed by atoms with van der Waals surface area (Å²) in [7, 11) is 0. The first-order chi connectivity index (χ1) is 15.4. The number of guanidine groups is 1. The Bertz CT molecular complexity index is 688. The van der Waals surface area contributed by atoms with Gasteiger partial charge < -0.3 is 43.4 Å². The highest BCUT2D eigenvalue weighted by Crippen LogP contribution is 2.07. The number of aliphatic imine (C=N–C) groups is 1. The van der Waals surface area contributed by atoms with Crippen molar-refractivity contribution in [2.75, 3.05) is 25.2 Å². The van der Waals surface area contributed by atoms with E-state index in [1.807, 2.05) is 6.26 Å². The Labute approximate surface area is 197 Å². The minimum atomic E-state index is -1.51. The van der Waals surface area contributed by atoms with Crippen LogP contribution in [-0.4, -0.2) is 89.2 Å². The zero-order chi connectivity index (χ0) is 25.6. The number of hydrogen-bond acceptors (Lipinski definition) is 8. The van der Waals surface area contributed by atoms with E-state index in [1.165, 1.54) is 11.8 Å². The topological polar surface area (TPSA) is 235 Å². The predicted octanol–water partition coefficient (Wildman–Crippen LogP) is -2.69. The zero-order valence-electron chi connectivity index (χ0n) is 19.2. The average Bonchev–Trinajstić information content (AvgIpc) is 2.74. The summed E-state index contributed by atoms with van der Waals surface area (Å²) in [5.41, 5.74) is 16.5. The monoisotopic (exact) mass is 491 g/mol. The summed E-state index contributed by atoms with van der Waals surface area (Å²) >= 11 is 1.53. The number of aliphatic hydroxyl groups excluding tert-OH is 1. The molecule has 0 saturated heterocycles. The van der Waals surface area contributed by atoms with Gasteiger partial charge in [-0.3, -0.25) is 19.4 Å². The second-order valence-electron chi connectivity index (χ2n) is 7.71. The standard InChI is InChI=1S/C19H37N7O6S/c1-10(2)14(17(30)25-13(9-27)18(31)32)26-16(29)12(5-4-7-23-19(21)22)24-15(28)11(20)6-8-33-3/h10-14,27H,4-9,20H2,1-3H3,(H,24,28)(H,25,30)(H,26,29)(H,31,32)(H4,21,22,23). The Balaban J connectivity index is 5.40. The van der Waals surface area contributed by atoms with Crippen molar-refractivity contribution in [3.8, 4) is 0 Å². The van der Waals surface area contributed by atoms with Crippen LogP contribution in [0.15, 0.2) is 4.99 Å². The molecule has 0 fully saturated rings. The Morgan fingerprint density at radius 3 is 2.06 bits per heavy atom. The molecular weight excluding hydrogens is 454 g/mol. The number of nitrogens with two attached hydrogens (primary N) is 3. The summed E-state index contributed by atoms with van der Waals surface area (Å²) in [6.07, 6.45) is 2.84. The van der Waals surface area contributed by atoms with E-state index in [0.717, 1.165) is 0 Å². The third kappa shape index (κ3) is 12.3. The summed E-state index contributed by atoms with van der Waals surface area (Å²) in [5, 5.41) is 25.5. The fourth-order valence-corrected chi connectivity index (χ4v) is 3.15. The van der Waals surface area contributed by atoms with Crippen molar-refractivity contribution < 1.29 is 29.4 Å². The summed E-state index contributed by atoms with van der Waals surface area (Å²) in [6.45, 7) is 2.73. The van der Waals surface area contributed by atoms with Crippen LogP contribution in [0.4, 0.5) is 0 Å². The molecule has 0 bridgehead atoms. The van der Waals surface area contributed by atoms with Crippen molar-refractivity contribution in [1.29, 1.82) is 0 Å². The van der Waals surface area contributed by atoms with Gasteiger partial charge in [0.1, 0.15) is 18.1 Å². The minimum absolute atomic E-state index is 0.104. The van der Waals surface area contributed by atoms with Crippen LogP contribution in [0.25, 0.3) is 0 Å². The lowest BCUT2D eigenvalue weighted by Crippen LogP contribution is -2.58. The SMILES string of the molecule is CSCCC(N)C(=O)NC(CCCN=C(N)N)C(=O)NC(C(=O)NC(CO)C(=O)O)C(C)C. The quantitative estimate of drug-likeness (QED) is 0.0632. The summed E-state index contributed by atoms with van der Waals surface area (Å²) in [6, 6.07) is -4.45. The minimum Gasteiger partial charge on any atom is -0.480 e. The van der Waals surface area contributed by atoms with Crippen molar-refractivity contribution in [3.63, 3.8) is 0 Å². The summed E-state index contributed by atoms with van der Waals surface area (Å²) < 4.78 is 0. The molecule has 4 atom stereocenters. The van der Waals surface area contributed by atoms with Crippen molar-refractivity contribution in [3.05, 3.63) is 0 Å². The van der Waals surface area contributed by atoms with Gasteiger partial charge in [-0.25, -0.2) is 4.79 Å². The highest BCUT2D eigenvalue weighted by Gasteiger charge is 2.31. The second kappa shape index (κ2) is 16.1. The lowest BCUT2D eigenvalue weighted by Gasteiger charge is -2.26. The number of carbonyl (C=O) groups is 4. The van der Waals surface area contributed by atoms with E-state index in [0.29, 0.717) is 18.6 Å². The van der Waals surface area contributed by atoms with Gasteiger partial charge in [0.05, 0.1) is 12.6 Å². The van der Waals surface area contributed by atoms with Crippen LogP contribution in [-0.2, 0) is 19.2 Å². The highest BCUT2D eigenvalue weighted by atomic mass is 32.2. The van der Waals surface area contributed by atoms with E-state index in [4.69, 9.17) is 27.4 Å². The Kier molecular flexibility index (Phi) is 14.8. The van der Waals surface area contributed by atoms with Crippen LogP contribution in [0.3, 0.4) is 0 Å². The molecule has 190 valence electrons. The highest BCUT2D eigenvalue weighted by molar-refractivity contribution is 7.98. The molecule has 0 heterocycles. The molecule has 11 N–H and O–H groups in total. The lowest BCUT2D eigenvalue weighted by molar-refractivity contribution is -0.143. The predicted molar refractivity (Wildman–Crippen MR) is 126 cm³/mol. The van der Waals surface area contributed by atoms with E-state index < -0.39 is 60.4 Å². The molecule has 0 radical (unpaired) electrons. The molecule has 0 spiro atoms. The first-order valence-electron chi connectivity index (χ1n) is 10.5. The first kappa shape index (κ1) is 30.4. The van der Waals surface area contributed by atoms with Crippen LogP contribution in [0.5, 0.6) is 0 Å². The van der Waals surface area contributed by atoms with Crippen molar-refractivity contribution >= 4 is 41.4 Å². The van der Waals surface area contributed by atoms with E-state index in [-0.39, 0.29) is 18.9 Å². The smallest absolute Gasteiger partial charge is 0.328 e. The van der Waals surface area contributed by atoms with Gasteiger partial charge in [-0.05, 0) is 37.2 Å². The average molecular weight is 492 g/mol. The third-order valence-corrected chi connectivity index (χ3v) is 5.24. The van der Waals surface area contributed by atoms with E-state index in [2.05, 4.69) is 20.9 Å². The molecule has 0 saturated carbocycles. The zero-order valence-corrected chi connectivity index (χ0v) is 20.1. The fourth-order valence-electron chi connectivity index (χ4n) is 2.66. The van der Waals surface area contributed by atoms with Crippen LogP contribution in [0, 0.1) is 5.92 Å². The van der Waals surface area contributed by atoms with E-state index in [1.54, 1.807) is 13.8 Å². The van der Waals surface area contributed by atoms with Crippen LogP contribution in [0.2, 0.25) is 0 Å². The number of thioether (sulfide) groups is 1. The van der Waals surface area contributed by atoms with Gasteiger partial charge in [0.2, 0.25) is 17.7 Å². The molecule has 0 rings (SSSR count). The number of carbonyl (C=O) groups excluding carboxylic acids is 3. The van der Waals surface area contributed by atoms with Crippen LogP contribution >= 0.6 is 11.8 Å². The summed E-state index contributed by atoms with van der Waals surface area (Å²) in [4.78, 5) is 52.9. The van der Waals surface area contributed by atoms with Gasteiger partial charge in [0.15, 0.2) is 5.96 Å². The number of hydrogen-bond donors (Lipinski definition) is 8. The van der Waals surface area contributed by atoms with Gasteiger partial charge in [-0.1, -0.05) is 13.8 Å². The van der Waals surface area contributed by atoms with E-state index >= 15 is 0 Å². The van der Waals surface area contributed by atoms with Gasteiger partial charge >= 0.3 is 5.97 Å². The fraction of sp³-hybridized carbons (Fsp3) is 0.737. The molecule has 0 aliphatic rings. The molecular formula is C19H37N7O6S. The van der Waals surface area contributed by atoms with Crippen LogP contribution in [0.1, 0.15) is 33.1 Å². The Hall–Kier alpha value is -2.58. The molecule has 33 heavy (non-hydrogen) atoms. The Morgan fingerprint density at radius 1 is 0.970 bits per heavy atom. The van der Waals surface area contributed by atoms with Gasteiger partial charge in [-0.15, -0.1) is 0 Å². The van der Waals surface area contributed by atoms with E-state index in [9.17, 15) is 19.2 Å². The first-order valence-corrected chi connectivity index (χ1v) is 11.9. The third-order valence-electron chi connectivity index (χ3n) is 4.59. The van der Waals surface area contributed by atoms with Crippen LogP contribution < -0.4 is 33.2 Å². The lowest BCUT2D eigenvalue weighted by atomic mass is 10.0. The molecule has 0 aromatic carbocycles. The maximum absolute atomic E-state index is 13.0. The number of carboxylic acids is 1. The molecule has 0 aliphatic carbocycles. The number of rotatable bonds is 16. The van der Waals surface area contributed by atoms with Crippen molar-refractivity contribution in [1.82, 2.24) is 16.0 Å². The Morgan fingerprint density at radius 2 is 1.58 bits per heavy atom. The number of amides is 3. The van der Waals surface area contributed by atoms with Gasteiger partial charge in [0.25, 0.3) is 0 Å². The largest absolute Gasteiger partial charge is 0.480 e. The molecule has 3 amide bonds. The molecule has 4 unspecified atom stereocenters. The normalized spacial score (nSPS) is 14.5. The second-order valence-corrected chi connectivity index (χ2v) is 8.70. The number of aliphatic carboxylic acids is 1. The molecule has 0 aliphatic heterocycles. The molecule has 0 aromatic heterocycles. The molecule has 14 heteroatoms. The van der Waals surface area contributed by atoms with Crippen molar-refractivity contribution in [2.24, 2.45) is 28.1 Å². The maximum atomic E-state index is 13.0. The molecule has 0 aromatic rings. The van der Waals surface area contributed by atoms with Gasteiger partial charge in [-0.2, -0.15) is 11.8 Å². The number of carboxylic acid groups (broad SMARTS) is 1. The number of aliphatic hydroxyl groups is 1.